The number of rotatable bonds is 2. The van der Waals surface area contributed by atoms with E-state index < -0.39 is 0 Å². The van der Waals surface area contributed by atoms with Gasteiger partial charge in [0, 0.05) is 38.4 Å². The molecule has 0 spiro atoms. The first-order valence-corrected chi connectivity index (χ1v) is 7.20. The van der Waals surface area contributed by atoms with Crippen LogP contribution in [-0.2, 0) is 7.05 Å². The van der Waals surface area contributed by atoms with E-state index in [1.807, 2.05) is 11.7 Å². The monoisotopic (exact) mass is 248 g/mol. The maximum atomic E-state index is 4.50. The third-order valence-electron chi connectivity index (χ3n) is 4.56. The third kappa shape index (κ3) is 1.92. The van der Waals surface area contributed by atoms with Gasteiger partial charge in [-0.3, -0.25) is 9.58 Å². The van der Waals surface area contributed by atoms with Gasteiger partial charge < -0.3 is 4.90 Å². The summed E-state index contributed by atoms with van der Waals surface area (Å²) >= 11 is 0. The van der Waals surface area contributed by atoms with E-state index >= 15 is 0 Å². The van der Waals surface area contributed by atoms with Crippen molar-refractivity contribution in [3.8, 4) is 0 Å². The predicted molar refractivity (Wildman–Crippen MR) is 74.0 cm³/mol. The molecular weight excluding hydrogens is 224 g/mol. The maximum Gasteiger partial charge on any atom is 0.0827 e. The van der Waals surface area contributed by atoms with Crippen molar-refractivity contribution in [3.63, 3.8) is 0 Å². The molecule has 1 aromatic rings. The maximum absolute atomic E-state index is 4.50. The number of hydrogen-bond donors (Lipinski definition) is 0. The summed E-state index contributed by atoms with van der Waals surface area (Å²) in [7, 11) is 2.02. The first kappa shape index (κ1) is 12.0. The molecule has 2 aliphatic heterocycles. The summed E-state index contributed by atoms with van der Waals surface area (Å²) < 4.78 is 1.94. The van der Waals surface area contributed by atoms with Gasteiger partial charge >= 0.3 is 0 Å². The number of fused-ring (bicyclic) bond motifs is 1. The van der Waals surface area contributed by atoms with Crippen LogP contribution in [0.4, 0.5) is 5.69 Å². The highest BCUT2D eigenvalue weighted by Crippen LogP contribution is 2.31. The Labute approximate surface area is 110 Å². The molecule has 3 rings (SSSR count). The van der Waals surface area contributed by atoms with E-state index in [1.54, 1.807) is 0 Å². The van der Waals surface area contributed by atoms with Crippen LogP contribution in [0.2, 0.25) is 0 Å². The topological polar surface area (TPSA) is 24.3 Å². The Kier molecular flexibility index (Phi) is 3.06. The second kappa shape index (κ2) is 4.57. The molecule has 0 saturated carbocycles. The number of nitrogens with zero attached hydrogens (tertiary/aromatic N) is 4. The molecule has 2 saturated heterocycles. The molecule has 1 aromatic heterocycles. The van der Waals surface area contributed by atoms with Crippen LogP contribution in [0.5, 0.6) is 0 Å². The molecule has 2 atom stereocenters. The fourth-order valence-corrected chi connectivity index (χ4v) is 3.60. The van der Waals surface area contributed by atoms with Crippen LogP contribution >= 0.6 is 0 Å². The predicted octanol–water partition coefficient (Wildman–Crippen LogP) is 1.79. The van der Waals surface area contributed by atoms with Gasteiger partial charge in [-0.2, -0.15) is 5.10 Å². The normalized spacial score (nSPS) is 28.7. The Morgan fingerprint density at radius 1 is 1.39 bits per heavy atom. The summed E-state index contributed by atoms with van der Waals surface area (Å²) in [5.74, 6) is 0. The summed E-state index contributed by atoms with van der Waals surface area (Å²) in [6.07, 6.45) is 6.15. The van der Waals surface area contributed by atoms with Crippen molar-refractivity contribution in [2.75, 3.05) is 24.5 Å². The summed E-state index contributed by atoms with van der Waals surface area (Å²) in [5.41, 5.74) is 2.51. The van der Waals surface area contributed by atoms with Crippen molar-refractivity contribution in [2.45, 2.75) is 45.2 Å². The van der Waals surface area contributed by atoms with Gasteiger partial charge in [-0.1, -0.05) is 6.92 Å². The summed E-state index contributed by atoms with van der Waals surface area (Å²) in [6.45, 7) is 8.16. The Balaban J connectivity index is 1.87. The van der Waals surface area contributed by atoms with Gasteiger partial charge in [-0.05, 0) is 32.7 Å². The zero-order valence-electron chi connectivity index (χ0n) is 11.8. The minimum atomic E-state index is 0.655. The van der Waals surface area contributed by atoms with Crippen molar-refractivity contribution < 1.29 is 0 Å². The molecule has 0 aliphatic carbocycles. The summed E-state index contributed by atoms with van der Waals surface area (Å²) in [4.78, 5) is 5.30. The number of aromatic nitrogens is 2. The lowest BCUT2D eigenvalue weighted by atomic mass is 10.0. The highest BCUT2D eigenvalue weighted by molar-refractivity contribution is 5.50. The molecule has 2 unspecified atom stereocenters. The van der Waals surface area contributed by atoms with E-state index in [4.69, 9.17) is 0 Å². The second-order valence-corrected chi connectivity index (χ2v) is 5.78. The third-order valence-corrected chi connectivity index (χ3v) is 4.56. The van der Waals surface area contributed by atoms with Crippen molar-refractivity contribution in [3.05, 3.63) is 11.9 Å². The average molecular weight is 248 g/mol. The smallest absolute Gasteiger partial charge is 0.0827 e. The lowest BCUT2D eigenvalue weighted by molar-refractivity contribution is 0.194. The lowest BCUT2D eigenvalue weighted by Crippen LogP contribution is -2.56. The van der Waals surface area contributed by atoms with E-state index in [0.29, 0.717) is 6.04 Å². The fraction of sp³-hybridized carbons (Fsp3) is 0.786. The largest absolute Gasteiger partial charge is 0.363 e. The molecule has 2 aliphatic rings. The van der Waals surface area contributed by atoms with Gasteiger partial charge in [0.25, 0.3) is 0 Å². The van der Waals surface area contributed by atoms with Gasteiger partial charge in [0.05, 0.1) is 11.4 Å². The Morgan fingerprint density at radius 2 is 2.22 bits per heavy atom. The van der Waals surface area contributed by atoms with Crippen LogP contribution in [-0.4, -0.2) is 46.4 Å². The van der Waals surface area contributed by atoms with E-state index in [0.717, 1.165) is 6.04 Å². The van der Waals surface area contributed by atoms with Crippen LogP contribution in [0.25, 0.3) is 0 Å². The standard InChI is InChI=1S/C14H24N4/c1-4-12-8-17-7-5-6-13(17)9-18(12)14-10-16(3)15-11(14)2/h10,12-13H,4-9H2,1-3H3. The number of piperazine rings is 1. The molecule has 0 N–H and O–H groups in total. The van der Waals surface area contributed by atoms with Crippen LogP contribution in [0.15, 0.2) is 6.20 Å². The van der Waals surface area contributed by atoms with E-state index in [2.05, 4.69) is 34.9 Å². The van der Waals surface area contributed by atoms with Crippen LogP contribution in [0.3, 0.4) is 0 Å². The first-order valence-electron chi connectivity index (χ1n) is 7.20. The molecule has 0 aromatic carbocycles. The minimum Gasteiger partial charge on any atom is -0.363 e. The van der Waals surface area contributed by atoms with E-state index in [9.17, 15) is 0 Å². The molecular formula is C14H24N4. The lowest BCUT2D eigenvalue weighted by Gasteiger charge is -2.44. The number of aryl methyl sites for hydroxylation is 2. The second-order valence-electron chi connectivity index (χ2n) is 5.78. The van der Waals surface area contributed by atoms with Crippen molar-refractivity contribution >= 4 is 5.69 Å². The van der Waals surface area contributed by atoms with Crippen LogP contribution in [0.1, 0.15) is 31.9 Å². The highest BCUT2D eigenvalue weighted by Gasteiger charge is 2.36. The molecule has 18 heavy (non-hydrogen) atoms. The molecule has 3 heterocycles. The first-order chi connectivity index (χ1) is 8.69. The molecule has 4 heteroatoms. The van der Waals surface area contributed by atoms with Crippen molar-refractivity contribution in [1.82, 2.24) is 14.7 Å². The van der Waals surface area contributed by atoms with Crippen molar-refractivity contribution in [2.24, 2.45) is 7.05 Å². The molecule has 100 valence electrons. The number of hydrogen-bond acceptors (Lipinski definition) is 3. The highest BCUT2D eigenvalue weighted by atomic mass is 15.3. The van der Waals surface area contributed by atoms with Gasteiger partial charge in [0.15, 0.2) is 0 Å². The molecule has 2 fully saturated rings. The Bertz CT molecular complexity index is 425. The van der Waals surface area contributed by atoms with Gasteiger partial charge in [-0.25, -0.2) is 0 Å². The van der Waals surface area contributed by atoms with Crippen LogP contribution < -0.4 is 4.90 Å². The van der Waals surface area contributed by atoms with Gasteiger partial charge in [0.1, 0.15) is 0 Å². The molecule has 4 nitrogen and oxygen atoms in total. The Hall–Kier alpha value is -1.03. The summed E-state index contributed by atoms with van der Waals surface area (Å²) in [5, 5.41) is 4.50. The quantitative estimate of drug-likeness (QED) is 0.797. The molecule has 0 bridgehead atoms. The van der Waals surface area contributed by atoms with E-state index in [1.165, 1.54) is 50.3 Å². The number of anilines is 1. The summed E-state index contributed by atoms with van der Waals surface area (Å²) in [6, 6.07) is 1.43. The SMILES string of the molecule is CCC1CN2CCCC2CN1c1cn(C)nc1C. The fourth-order valence-electron chi connectivity index (χ4n) is 3.60. The van der Waals surface area contributed by atoms with Gasteiger partial charge in [0.2, 0.25) is 0 Å². The molecule has 0 radical (unpaired) electrons. The Morgan fingerprint density at radius 3 is 2.89 bits per heavy atom. The minimum absolute atomic E-state index is 0.655. The zero-order valence-corrected chi connectivity index (χ0v) is 11.8. The zero-order chi connectivity index (χ0) is 12.7. The van der Waals surface area contributed by atoms with Gasteiger partial charge in [-0.15, -0.1) is 0 Å². The van der Waals surface area contributed by atoms with E-state index in [-0.39, 0.29) is 0 Å². The van der Waals surface area contributed by atoms with Crippen molar-refractivity contribution in [1.29, 1.82) is 0 Å². The molecule has 0 amide bonds. The average Bonchev–Trinajstić information content (AvgIpc) is 2.93. The van der Waals surface area contributed by atoms with Crippen LogP contribution in [0, 0.1) is 6.92 Å².